The smallest absolute Gasteiger partial charge is 0.363 e. The SMILES string of the molecule is COc1cccc(/C=N/Nc2nc(=O)[nH]nc2C(C)(C)C)c1OCc1cccc(C)c1. The van der Waals surface area contributed by atoms with Crippen LogP contribution in [0.3, 0.4) is 0 Å². The van der Waals surface area contributed by atoms with E-state index >= 15 is 0 Å². The van der Waals surface area contributed by atoms with Crippen LogP contribution in [0.1, 0.15) is 43.2 Å². The molecule has 0 unspecified atom stereocenters. The van der Waals surface area contributed by atoms with Crippen LogP contribution in [0, 0.1) is 6.92 Å². The fourth-order valence-corrected chi connectivity index (χ4v) is 3.01. The van der Waals surface area contributed by atoms with Gasteiger partial charge in [0.1, 0.15) is 12.3 Å². The number of hydrogen-bond donors (Lipinski definition) is 2. The van der Waals surface area contributed by atoms with Gasteiger partial charge in [-0.3, -0.25) is 5.43 Å². The third-order valence-corrected chi connectivity index (χ3v) is 4.48. The van der Waals surface area contributed by atoms with Gasteiger partial charge in [0.2, 0.25) is 0 Å². The van der Waals surface area contributed by atoms with Crippen LogP contribution in [0.15, 0.2) is 52.4 Å². The number of aromatic nitrogens is 3. The van der Waals surface area contributed by atoms with E-state index in [0.717, 1.165) is 11.1 Å². The fourth-order valence-electron chi connectivity index (χ4n) is 3.01. The van der Waals surface area contributed by atoms with E-state index < -0.39 is 5.69 Å². The molecule has 0 atom stereocenters. The number of nitrogens with zero attached hydrogens (tertiary/aromatic N) is 3. The molecule has 0 amide bonds. The number of hydrogen-bond acceptors (Lipinski definition) is 7. The minimum Gasteiger partial charge on any atom is -0.493 e. The topological polar surface area (TPSA) is 101 Å². The fraction of sp³-hybridized carbons (Fsp3) is 0.304. The zero-order valence-electron chi connectivity index (χ0n) is 18.4. The average molecular weight is 422 g/mol. The Kier molecular flexibility index (Phi) is 6.69. The Morgan fingerprint density at radius 2 is 1.97 bits per heavy atom. The van der Waals surface area contributed by atoms with Crippen molar-refractivity contribution in [3.05, 3.63) is 75.3 Å². The first-order chi connectivity index (χ1) is 14.8. The van der Waals surface area contributed by atoms with E-state index in [1.807, 2.05) is 64.1 Å². The predicted octanol–water partition coefficient (Wildman–Crippen LogP) is 3.80. The maximum absolute atomic E-state index is 11.6. The third kappa shape index (κ3) is 5.69. The summed E-state index contributed by atoms with van der Waals surface area (Å²) in [6.45, 7) is 8.36. The number of aromatic amines is 1. The molecule has 8 nitrogen and oxygen atoms in total. The van der Waals surface area contributed by atoms with Crippen molar-refractivity contribution in [1.82, 2.24) is 15.2 Å². The van der Waals surface area contributed by atoms with Crippen LogP contribution in [0.4, 0.5) is 5.82 Å². The number of anilines is 1. The van der Waals surface area contributed by atoms with Crippen LogP contribution < -0.4 is 20.6 Å². The van der Waals surface area contributed by atoms with E-state index in [0.29, 0.717) is 29.6 Å². The van der Waals surface area contributed by atoms with E-state index in [9.17, 15) is 4.79 Å². The summed E-state index contributed by atoms with van der Waals surface area (Å²) in [4.78, 5) is 15.6. The molecule has 0 saturated heterocycles. The van der Waals surface area contributed by atoms with Crippen LogP contribution in [0.5, 0.6) is 11.5 Å². The largest absolute Gasteiger partial charge is 0.493 e. The van der Waals surface area contributed by atoms with Gasteiger partial charge in [-0.1, -0.05) is 56.7 Å². The van der Waals surface area contributed by atoms with Crippen molar-refractivity contribution >= 4 is 12.0 Å². The predicted molar refractivity (Wildman–Crippen MR) is 121 cm³/mol. The minimum absolute atomic E-state index is 0.303. The van der Waals surface area contributed by atoms with E-state index in [1.54, 1.807) is 13.3 Å². The lowest BCUT2D eigenvalue weighted by atomic mass is 9.92. The highest BCUT2D eigenvalue weighted by Crippen LogP contribution is 2.31. The molecule has 0 radical (unpaired) electrons. The number of H-pyrrole nitrogens is 1. The van der Waals surface area contributed by atoms with Gasteiger partial charge < -0.3 is 9.47 Å². The van der Waals surface area contributed by atoms with Crippen LogP contribution in [-0.4, -0.2) is 28.5 Å². The van der Waals surface area contributed by atoms with Crippen molar-refractivity contribution in [3.8, 4) is 11.5 Å². The summed E-state index contributed by atoms with van der Waals surface area (Å²) in [6.07, 6.45) is 1.60. The van der Waals surface area contributed by atoms with Crippen LogP contribution in [0.2, 0.25) is 0 Å². The van der Waals surface area contributed by atoms with E-state index in [4.69, 9.17) is 9.47 Å². The number of rotatable bonds is 7. The lowest BCUT2D eigenvalue weighted by Gasteiger charge is -2.18. The van der Waals surface area contributed by atoms with Crippen LogP contribution >= 0.6 is 0 Å². The molecule has 2 aromatic carbocycles. The van der Waals surface area contributed by atoms with E-state index in [1.165, 1.54) is 5.56 Å². The Hall–Kier alpha value is -3.68. The van der Waals surface area contributed by atoms with Gasteiger partial charge in [-0.2, -0.15) is 15.2 Å². The average Bonchev–Trinajstić information content (AvgIpc) is 2.71. The standard InChI is InChI=1S/C23H27N5O3/c1-15-8-6-9-16(12-15)14-31-19-17(10-7-11-18(19)30-5)13-24-27-21-20(23(2,3)4)26-28-22(29)25-21/h6-13H,14H2,1-5H3,(H2,25,27,28,29)/b24-13+. The lowest BCUT2D eigenvalue weighted by Crippen LogP contribution is -2.24. The van der Waals surface area contributed by atoms with E-state index in [-0.39, 0.29) is 5.41 Å². The second-order valence-electron chi connectivity index (χ2n) is 8.11. The Labute approximate surface area is 181 Å². The van der Waals surface area contributed by atoms with Crippen molar-refractivity contribution < 1.29 is 9.47 Å². The van der Waals surface area contributed by atoms with Gasteiger partial charge in [0.05, 0.1) is 13.3 Å². The summed E-state index contributed by atoms with van der Waals surface area (Å²) >= 11 is 0. The van der Waals surface area contributed by atoms with E-state index in [2.05, 4.69) is 31.8 Å². The summed E-state index contributed by atoms with van der Waals surface area (Å²) in [7, 11) is 1.59. The molecule has 2 N–H and O–H groups in total. The van der Waals surface area contributed by atoms with Crippen molar-refractivity contribution in [2.45, 2.75) is 39.7 Å². The molecule has 1 heterocycles. The van der Waals surface area contributed by atoms with Gasteiger partial charge in [-0.15, -0.1) is 0 Å². The first-order valence-electron chi connectivity index (χ1n) is 9.89. The molecule has 8 heteroatoms. The molecule has 31 heavy (non-hydrogen) atoms. The van der Waals surface area contributed by atoms with Gasteiger partial charge in [0.25, 0.3) is 0 Å². The second kappa shape index (κ2) is 9.42. The molecular formula is C23H27N5O3. The molecule has 0 aliphatic heterocycles. The van der Waals surface area contributed by atoms with Gasteiger partial charge in [0, 0.05) is 11.0 Å². The summed E-state index contributed by atoms with van der Waals surface area (Å²) in [5.41, 5.74) is 5.50. The molecule has 3 rings (SSSR count). The van der Waals surface area contributed by atoms with Gasteiger partial charge in [-0.25, -0.2) is 9.89 Å². The normalized spacial score (nSPS) is 11.5. The third-order valence-electron chi connectivity index (χ3n) is 4.48. The first-order valence-corrected chi connectivity index (χ1v) is 9.89. The number of para-hydroxylation sites is 1. The van der Waals surface area contributed by atoms with Crippen molar-refractivity contribution in [2.24, 2.45) is 5.10 Å². The molecule has 1 aromatic heterocycles. The second-order valence-corrected chi connectivity index (χ2v) is 8.11. The molecule has 0 spiro atoms. The maximum Gasteiger partial charge on any atom is 0.363 e. The summed E-state index contributed by atoms with van der Waals surface area (Å²) in [6, 6.07) is 13.7. The summed E-state index contributed by atoms with van der Waals surface area (Å²) < 4.78 is 11.5. The zero-order valence-corrected chi connectivity index (χ0v) is 18.4. The quantitative estimate of drug-likeness (QED) is 0.444. The molecule has 0 bridgehead atoms. The molecule has 0 saturated carbocycles. The zero-order chi connectivity index (χ0) is 22.4. The minimum atomic E-state index is -0.547. The van der Waals surface area contributed by atoms with Crippen LogP contribution in [0.25, 0.3) is 0 Å². The highest BCUT2D eigenvalue weighted by atomic mass is 16.5. The Bertz CT molecular complexity index is 1130. The highest BCUT2D eigenvalue weighted by Gasteiger charge is 2.21. The number of hydrazone groups is 1. The summed E-state index contributed by atoms with van der Waals surface area (Å²) in [5, 5.41) is 10.7. The molecule has 162 valence electrons. The number of ether oxygens (including phenoxy) is 2. The Morgan fingerprint density at radius 3 is 2.68 bits per heavy atom. The van der Waals surface area contributed by atoms with Gasteiger partial charge >= 0.3 is 5.69 Å². The van der Waals surface area contributed by atoms with Crippen molar-refractivity contribution in [1.29, 1.82) is 0 Å². The lowest BCUT2D eigenvalue weighted by molar-refractivity contribution is 0.284. The molecule has 0 aliphatic rings. The number of aryl methyl sites for hydroxylation is 1. The number of benzene rings is 2. The molecule has 0 fully saturated rings. The van der Waals surface area contributed by atoms with Gasteiger partial charge in [-0.05, 0) is 24.6 Å². The Morgan fingerprint density at radius 1 is 1.19 bits per heavy atom. The summed E-state index contributed by atoms with van der Waals surface area (Å²) in [5.74, 6) is 1.48. The van der Waals surface area contributed by atoms with Crippen molar-refractivity contribution in [2.75, 3.05) is 12.5 Å². The van der Waals surface area contributed by atoms with Crippen LogP contribution in [-0.2, 0) is 12.0 Å². The Balaban J connectivity index is 1.84. The van der Waals surface area contributed by atoms with Crippen molar-refractivity contribution in [3.63, 3.8) is 0 Å². The molecule has 3 aromatic rings. The number of nitrogens with one attached hydrogen (secondary N) is 2. The molecular weight excluding hydrogens is 394 g/mol. The monoisotopic (exact) mass is 421 g/mol. The number of methoxy groups -OCH3 is 1. The van der Waals surface area contributed by atoms with Gasteiger partial charge in [0.15, 0.2) is 17.3 Å². The first kappa shape index (κ1) is 22.0. The molecule has 0 aliphatic carbocycles. The maximum atomic E-state index is 11.6. The highest BCUT2D eigenvalue weighted by molar-refractivity contribution is 5.85.